The fourth-order valence-electron chi connectivity index (χ4n) is 6.58. The monoisotopic (exact) mass is 618 g/mol. The molecule has 0 unspecified atom stereocenters. The van der Waals surface area contributed by atoms with E-state index < -0.39 is 0 Å². The second-order valence-corrected chi connectivity index (χ2v) is 11.8. The summed E-state index contributed by atoms with van der Waals surface area (Å²) in [6.07, 6.45) is 0. The summed E-state index contributed by atoms with van der Waals surface area (Å²) in [6.45, 7) is 0. The van der Waals surface area contributed by atoms with Gasteiger partial charge in [0.2, 0.25) is 0 Å². The largest absolute Gasteiger partial charge is 0.497 e. The maximum atomic E-state index is 5.47. The topological polar surface area (TPSA) is 15.7 Å². The van der Waals surface area contributed by atoms with Gasteiger partial charge in [-0.3, -0.25) is 0 Å². The first-order valence-electron chi connectivity index (χ1n) is 16.2. The van der Waals surface area contributed by atoms with E-state index in [2.05, 4.69) is 186 Å². The Bertz CT molecular complexity index is 2300. The fraction of sp³-hybridized carbons (Fsp3) is 0.0222. The molecular formula is C45H34N2O. The molecular weight excluding hydrogens is 585 g/mol. The third-order valence-electron chi connectivity index (χ3n) is 8.94. The highest BCUT2D eigenvalue weighted by atomic mass is 16.5. The SMILES string of the molecule is COc1ccc(N(c2ccc(-c3ccc(N(c4ccccc4)c4cccc5ccccc45)cc3)cc2)c2cccc3ccccc23)cc1. The number of para-hydroxylation sites is 1. The predicted octanol–water partition coefficient (Wildman–Crippen LogP) is 12.6. The molecule has 230 valence electrons. The second kappa shape index (κ2) is 12.8. The number of ether oxygens (including phenoxy) is 1. The molecule has 8 aromatic rings. The fourth-order valence-corrected chi connectivity index (χ4v) is 6.58. The van der Waals surface area contributed by atoms with E-state index in [9.17, 15) is 0 Å². The highest BCUT2D eigenvalue weighted by molar-refractivity contribution is 6.00. The van der Waals surface area contributed by atoms with Crippen LogP contribution < -0.4 is 14.5 Å². The standard InChI is InChI=1S/C45H34N2O/c1-48-41-31-29-40(30-32-41)47(45-20-10-14-36-12-6-8-18-43(36)45)39-27-23-34(24-28-39)33-21-25-38(26-22-33)46(37-15-3-2-4-16-37)44-19-9-13-35-11-5-7-17-42(35)44/h2-32H,1H3. The highest BCUT2D eigenvalue weighted by Gasteiger charge is 2.17. The molecule has 0 aromatic heterocycles. The minimum absolute atomic E-state index is 0.835. The minimum Gasteiger partial charge on any atom is -0.497 e. The molecule has 0 aliphatic heterocycles. The number of hydrogen-bond donors (Lipinski definition) is 0. The van der Waals surface area contributed by atoms with E-state index in [-0.39, 0.29) is 0 Å². The first-order chi connectivity index (χ1) is 23.8. The van der Waals surface area contributed by atoms with E-state index in [1.54, 1.807) is 7.11 Å². The van der Waals surface area contributed by atoms with Crippen LogP contribution in [0.4, 0.5) is 34.1 Å². The molecule has 0 saturated carbocycles. The number of benzene rings is 8. The molecule has 0 saturated heterocycles. The van der Waals surface area contributed by atoms with Gasteiger partial charge in [-0.25, -0.2) is 0 Å². The molecule has 0 atom stereocenters. The Hall–Kier alpha value is -6.32. The number of rotatable bonds is 8. The number of nitrogens with zero attached hydrogens (tertiary/aromatic N) is 2. The maximum Gasteiger partial charge on any atom is 0.119 e. The summed E-state index contributed by atoms with van der Waals surface area (Å²) in [5.41, 5.74) is 9.00. The van der Waals surface area contributed by atoms with Crippen molar-refractivity contribution < 1.29 is 4.74 Å². The van der Waals surface area contributed by atoms with Crippen molar-refractivity contribution in [3.8, 4) is 16.9 Å². The molecule has 0 fully saturated rings. The van der Waals surface area contributed by atoms with Crippen LogP contribution in [0.3, 0.4) is 0 Å². The Morgan fingerprint density at radius 2 is 0.708 bits per heavy atom. The summed E-state index contributed by atoms with van der Waals surface area (Å²) in [4.78, 5) is 4.66. The van der Waals surface area contributed by atoms with E-state index in [1.807, 2.05) is 12.1 Å². The smallest absolute Gasteiger partial charge is 0.119 e. The molecule has 0 radical (unpaired) electrons. The van der Waals surface area contributed by atoms with Crippen molar-refractivity contribution in [3.05, 3.63) is 188 Å². The van der Waals surface area contributed by atoms with Crippen LogP contribution >= 0.6 is 0 Å². The van der Waals surface area contributed by atoms with Gasteiger partial charge in [-0.1, -0.05) is 115 Å². The van der Waals surface area contributed by atoms with Gasteiger partial charge in [0, 0.05) is 33.5 Å². The van der Waals surface area contributed by atoms with Gasteiger partial charge < -0.3 is 14.5 Å². The molecule has 0 amide bonds. The van der Waals surface area contributed by atoms with Crippen LogP contribution in [0.1, 0.15) is 0 Å². The van der Waals surface area contributed by atoms with Crippen molar-refractivity contribution >= 4 is 55.7 Å². The van der Waals surface area contributed by atoms with E-state index >= 15 is 0 Å². The van der Waals surface area contributed by atoms with Crippen LogP contribution in [0.25, 0.3) is 32.7 Å². The number of methoxy groups -OCH3 is 1. The van der Waals surface area contributed by atoms with Crippen LogP contribution in [0.2, 0.25) is 0 Å². The van der Waals surface area contributed by atoms with Crippen molar-refractivity contribution in [3.63, 3.8) is 0 Å². The molecule has 0 bridgehead atoms. The Morgan fingerprint density at radius 1 is 0.333 bits per heavy atom. The van der Waals surface area contributed by atoms with Crippen molar-refractivity contribution in [1.82, 2.24) is 0 Å². The Kier molecular flexibility index (Phi) is 7.77. The van der Waals surface area contributed by atoms with Crippen LogP contribution in [-0.4, -0.2) is 7.11 Å². The third kappa shape index (κ3) is 5.52. The van der Waals surface area contributed by atoms with Gasteiger partial charge in [0.05, 0.1) is 18.5 Å². The lowest BCUT2D eigenvalue weighted by atomic mass is 10.0. The molecule has 3 heteroatoms. The molecule has 0 N–H and O–H groups in total. The summed E-state index contributed by atoms with van der Waals surface area (Å²) in [6, 6.07) is 66.7. The average Bonchev–Trinajstić information content (AvgIpc) is 3.16. The minimum atomic E-state index is 0.835. The number of anilines is 6. The van der Waals surface area contributed by atoms with Crippen LogP contribution in [0.5, 0.6) is 5.75 Å². The maximum absolute atomic E-state index is 5.47. The van der Waals surface area contributed by atoms with Gasteiger partial charge in [-0.2, -0.15) is 0 Å². The van der Waals surface area contributed by atoms with Crippen LogP contribution in [-0.2, 0) is 0 Å². The zero-order valence-corrected chi connectivity index (χ0v) is 26.7. The molecule has 0 heterocycles. The molecule has 0 aliphatic rings. The van der Waals surface area contributed by atoms with Crippen LogP contribution in [0, 0.1) is 0 Å². The lowest BCUT2D eigenvalue weighted by Gasteiger charge is -2.27. The zero-order valence-electron chi connectivity index (χ0n) is 26.7. The summed E-state index contributed by atoms with van der Waals surface area (Å²) in [5.74, 6) is 0.835. The summed E-state index contributed by atoms with van der Waals surface area (Å²) >= 11 is 0. The van der Waals surface area contributed by atoms with Gasteiger partial charge in [0.1, 0.15) is 5.75 Å². The van der Waals surface area contributed by atoms with Crippen LogP contribution in [0.15, 0.2) is 188 Å². The molecule has 48 heavy (non-hydrogen) atoms. The van der Waals surface area contributed by atoms with Gasteiger partial charge in [-0.05, 0) is 94.7 Å². The first kappa shape index (κ1) is 29.1. The Labute approximate surface area is 281 Å². The third-order valence-corrected chi connectivity index (χ3v) is 8.94. The molecule has 0 spiro atoms. The summed E-state index contributed by atoms with van der Waals surface area (Å²) in [5, 5.41) is 4.85. The van der Waals surface area contributed by atoms with Gasteiger partial charge in [0.25, 0.3) is 0 Å². The summed E-state index contributed by atoms with van der Waals surface area (Å²) < 4.78 is 5.47. The second-order valence-electron chi connectivity index (χ2n) is 11.8. The zero-order chi connectivity index (χ0) is 32.3. The van der Waals surface area contributed by atoms with Crippen molar-refractivity contribution in [2.24, 2.45) is 0 Å². The van der Waals surface area contributed by atoms with E-state index in [1.165, 1.54) is 21.5 Å². The number of fused-ring (bicyclic) bond motifs is 2. The summed E-state index contributed by atoms with van der Waals surface area (Å²) in [7, 11) is 1.70. The average molecular weight is 619 g/mol. The molecule has 3 nitrogen and oxygen atoms in total. The lowest BCUT2D eigenvalue weighted by Crippen LogP contribution is -2.10. The number of hydrogen-bond acceptors (Lipinski definition) is 3. The van der Waals surface area contributed by atoms with Gasteiger partial charge in [-0.15, -0.1) is 0 Å². The van der Waals surface area contributed by atoms with Gasteiger partial charge >= 0.3 is 0 Å². The van der Waals surface area contributed by atoms with Crippen molar-refractivity contribution in [2.45, 2.75) is 0 Å². The molecule has 8 rings (SSSR count). The lowest BCUT2D eigenvalue weighted by molar-refractivity contribution is 0.415. The molecule has 0 aliphatic carbocycles. The molecule has 8 aromatic carbocycles. The van der Waals surface area contributed by atoms with E-state index in [0.29, 0.717) is 0 Å². The highest BCUT2D eigenvalue weighted by Crippen LogP contribution is 2.41. The Balaban J connectivity index is 1.16. The normalized spacial score (nSPS) is 11.0. The first-order valence-corrected chi connectivity index (χ1v) is 16.2. The van der Waals surface area contributed by atoms with Crippen molar-refractivity contribution in [2.75, 3.05) is 16.9 Å². The predicted molar refractivity (Wildman–Crippen MR) is 203 cm³/mol. The quantitative estimate of drug-likeness (QED) is 0.168. The van der Waals surface area contributed by atoms with E-state index in [4.69, 9.17) is 4.74 Å². The van der Waals surface area contributed by atoms with Crippen molar-refractivity contribution in [1.29, 1.82) is 0 Å². The van der Waals surface area contributed by atoms with Gasteiger partial charge in [0.15, 0.2) is 0 Å². The van der Waals surface area contributed by atoms with E-state index in [0.717, 1.165) is 51.0 Å². The Morgan fingerprint density at radius 3 is 1.17 bits per heavy atom.